The van der Waals surface area contributed by atoms with Crippen molar-refractivity contribution in [3.63, 3.8) is 0 Å². The molecule has 0 aliphatic heterocycles. The first-order chi connectivity index (χ1) is 12.1. The van der Waals surface area contributed by atoms with Crippen molar-refractivity contribution >= 4 is 44.2 Å². The van der Waals surface area contributed by atoms with E-state index in [4.69, 9.17) is 21.1 Å². The Morgan fingerprint density at radius 2 is 1.88 bits per heavy atom. The predicted octanol–water partition coefficient (Wildman–Crippen LogP) is 5.00. The highest BCUT2D eigenvalue weighted by Crippen LogP contribution is 2.31. The van der Waals surface area contributed by atoms with Crippen LogP contribution >= 0.6 is 22.9 Å². The number of hydrogen-bond acceptors (Lipinski definition) is 5. The minimum atomic E-state index is -0.255. The first kappa shape index (κ1) is 17.5. The SMILES string of the molecule is CCOc1ccc(C(=O)Nc2nc3ccc(Cl)cc3s2)cc1OCC. The number of nitrogens with one attached hydrogen (secondary N) is 1. The summed E-state index contributed by atoms with van der Waals surface area (Å²) in [6, 6.07) is 10.5. The van der Waals surface area contributed by atoms with Crippen molar-refractivity contribution in [1.82, 2.24) is 4.98 Å². The van der Waals surface area contributed by atoms with Crippen LogP contribution in [0.1, 0.15) is 24.2 Å². The normalized spacial score (nSPS) is 10.7. The van der Waals surface area contributed by atoms with Crippen LogP contribution in [-0.4, -0.2) is 24.1 Å². The third-order valence-electron chi connectivity index (χ3n) is 3.38. The quantitative estimate of drug-likeness (QED) is 0.657. The molecule has 0 bridgehead atoms. The van der Waals surface area contributed by atoms with Gasteiger partial charge in [-0.2, -0.15) is 0 Å². The van der Waals surface area contributed by atoms with Gasteiger partial charge in [-0.15, -0.1) is 0 Å². The summed E-state index contributed by atoms with van der Waals surface area (Å²) in [5.74, 6) is 0.915. The Balaban J connectivity index is 1.82. The molecule has 1 N–H and O–H groups in total. The van der Waals surface area contributed by atoms with E-state index in [1.807, 2.05) is 26.0 Å². The zero-order valence-corrected chi connectivity index (χ0v) is 15.4. The number of hydrogen-bond donors (Lipinski definition) is 1. The number of thiazole rings is 1. The van der Waals surface area contributed by atoms with Crippen molar-refractivity contribution in [2.75, 3.05) is 18.5 Å². The maximum absolute atomic E-state index is 12.5. The Kier molecular flexibility index (Phi) is 5.40. The molecule has 5 nitrogen and oxygen atoms in total. The van der Waals surface area contributed by atoms with Crippen LogP contribution in [0.5, 0.6) is 11.5 Å². The summed E-state index contributed by atoms with van der Waals surface area (Å²) in [5, 5.41) is 3.98. The van der Waals surface area contributed by atoms with E-state index in [1.54, 1.807) is 24.3 Å². The standard InChI is InChI=1S/C18H17ClN2O3S/c1-3-23-14-8-5-11(9-15(14)24-4-2)17(22)21-18-20-13-7-6-12(19)10-16(13)25-18/h5-10H,3-4H2,1-2H3,(H,20,21,22). The van der Waals surface area contributed by atoms with Gasteiger partial charge in [0.15, 0.2) is 16.6 Å². The lowest BCUT2D eigenvalue weighted by Crippen LogP contribution is -2.12. The van der Waals surface area contributed by atoms with Gasteiger partial charge in [0.25, 0.3) is 5.91 Å². The molecule has 2 aromatic carbocycles. The molecule has 7 heteroatoms. The zero-order chi connectivity index (χ0) is 17.8. The number of nitrogens with zero attached hydrogens (tertiary/aromatic N) is 1. The van der Waals surface area contributed by atoms with Gasteiger partial charge in [-0.3, -0.25) is 10.1 Å². The van der Waals surface area contributed by atoms with E-state index in [-0.39, 0.29) is 5.91 Å². The summed E-state index contributed by atoms with van der Waals surface area (Å²) >= 11 is 7.36. The molecule has 0 fully saturated rings. The van der Waals surface area contributed by atoms with Crippen LogP contribution < -0.4 is 14.8 Å². The Morgan fingerprint density at radius 1 is 1.12 bits per heavy atom. The molecule has 0 unspecified atom stereocenters. The van der Waals surface area contributed by atoms with Crippen molar-refractivity contribution in [1.29, 1.82) is 0 Å². The number of ether oxygens (including phenoxy) is 2. The van der Waals surface area contributed by atoms with Gasteiger partial charge < -0.3 is 9.47 Å². The summed E-state index contributed by atoms with van der Waals surface area (Å²) < 4.78 is 12.0. The highest BCUT2D eigenvalue weighted by atomic mass is 35.5. The van der Waals surface area contributed by atoms with Crippen LogP contribution in [0.15, 0.2) is 36.4 Å². The lowest BCUT2D eigenvalue weighted by Gasteiger charge is -2.12. The van der Waals surface area contributed by atoms with E-state index in [1.165, 1.54) is 11.3 Å². The van der Waals surface area contributed by atoms with Gasteiger partial charge in [0.05, 0.1) is 23.4 Å². The fourth-order valence-electron chi connectivity index (χ4n) is 2.31. The molecular weight excluding hydrogens is 360 g/mol. The average molecular weight is 377 g/mol. The number of halogens is 1. The highest BCUT2D eigenvalue weighted by molar-refractivity contribution is 7.22. The number of amides is 1. The molecular formula is C18H17ClN2O3S. The van der Waals surface area contributed by atoms with E-state index in [0.717, 1.165) is 10.2 Å². The van der Waals surface area contributed by atoms with Crippen molar-refractivity contribution in [3.8, 4) is 11.5 Å². The van der Waals surface area contributed by atoms with Crippen molar-refractivity contribution in [2.24, 2.45) is 0 Å². The number of carbonyl (C=O) groups is 1. The Labute approximate surface area is 154 Å². The number of rotatable bonds is 6. The van der Waals surface area contributed by atoms with Crippen LogP contribution in [0, 0.1) is 0 Å². The fourth-order valence-corrected chi connectivity index (χ4v) is 3.45. The molecule has 1 heterocycles. The maximum atomic E-state index is 12.5. The van der Waals surface area contributed by atoms with E-state index in [2.05, 4.69) is 10.3 Å². The lowest BCUT2D eigenvalue weighted by atomic mass is 10.2. The summed E-state index contributed by atoms with van der Waals surface area (Å²) in [5.41, 5.74) is 1.27. The van der Waals surface area contributed by atoms with Crippen LogP contribution in [0.3, 0.4) is 0 Å². The van der Waals surface area contributed by atoms with E-state index in [0.29, 0.717) is 40.4 Å². The molecule has 0 atom stereocenters. The molecule has 130 valence electrons. The van der Waals surface area contributed by atoms with Gasteiger partial charge in [0.2, 0.25) is 0 Å². The second kappa shape index (κ2) is 7.72. The Morgan fingerprint density at radius 3 is 2.64 bits per heavy atom. The lowest BCUT2D eigenvalue weighted by molar-refractivity contribution is 0.102. The van der Waals surface area contributed by atoms with Crippen LogP contribution in [0.2, 0.25) is 5.02 Å². The molecule has 1 aromatic heterocycles. The van der Waals surface area contributed by atoms with Gasteiger partial charge in [-0.25, -0.2) is 4.98 Å². The van der Waals surface area contributed by atoms with Crippen molar-refractivity contribution in [2.45, 2.75) is 13.8 Å². The van der Waals surface area contributed by atoms with Crippen LogP contribution in [0.25, 0.3) is 10.2 Å². The number of carbonyl (C=O) groups excluding carboxylic acids is 1. The third kappa shape index (κ3) is 4.03. The topological polar surface area (TPSA) is 60.5 Å². The predicted molar refractivity (Wildman–Crippen MR) is 101 cm³/mol. The molecule has 0 aliphatic rings. The molecule has 0 spiro atoms. The fraction of sp³-hybridized carbons (Fsp3) is 0.222. The molecule has 0 saturated carbocycles. The summed E-state index contributed by atoms with van der Waals surface area (Å²) in [6.07, 6.45) is 0. The molecule has 25 heavy (non-hydrogen) atoms. The molecule has 3 aromatic rings. The second-order valence-corrected chi connectivity index (χ2v) is 6.58. The van der Waals surface area contributed by atoms with Crippen molar-refractivity contribution in [3.05, 3.63) is 47.0 Å². The van der Waals surface area contributed by atoms with Gasteiger partial charge in [0.1, 0.15) is 0 Å². The Hall–Kier alpha value is -2.31. The van der Waals surface area contributed by atoms with Gasteiger partial charge >= 0.3 is 0 Å². The third-order valence-corrected chi connectivity index (χ3v) is 4.55. The van der Waals surface area contributed by atoms with E-state index >= 15 is 0 Å². The first-order valence-corrected chi connectivity index (χ1v) is 9.07. The molecule has 0 radical (unpaired) electrons. The smallest absolute Gasteiger partial charge is 0.257 e. The molecule has 1 amide bonds. The monoisotopic (exact) mass is 376 g/mol. The second-order valence-electron chi connectivity index (χ2n) is 5.11. The number of aromatic nitrogens is 1. The molecule has 3 rings (SSSR count). The van der Waals surface area contributed by atoms with Crippen molar-refractivity contribution < 1.29 is 14.3 Å². The largest absolute Gasteiger partial charge is 0.490 e. The number of fused-ring (bicyclic) bond motifs is 1. The summed E-state index contributed by atoms with van der Waals surface area (Å²) in [7, 11) is 0. The Bertz CT molecular complexity index is 910. The van der Waals surface area contributed by atoms with Crippen LogP contribution in [0.4, 0.5) is 5.13 Å². The minimum Gasteiger partial charge on any atom is -0.490 e. The first-order valence-electron chi connectivity index (χ1n) is 7.87. The zero-order valence-electron chi connectivity index (χ0n) is 13.8. The molecule has 0 aliphatic carbocycles. The van der Waals surface area contributed by atoms with Gasteiger partial charge in [-0.1, -0.05) is 22.9 Å². The number of benzene rings is 2. The molecule has 0 saturated heterocycles. The van der Waals surface area contributed by atoms with Gasteiger partial charge in [0, 0.05) is 10.6 Å². The van der Waals surface area contributed by atoms with E-state index in [9.17, 15) is 4.79 Å². The summed E-state index contributed by atoms with van der Waals surface area (Å²) in [4.78, 5) is 16.9. The van der Waals surface area contributed by atoms with Crippen LogP contribution in [-0.2, 0) is 0 Å². The number of anilines is 1. The summed E-state index contributed by atoms with van der Waals surface area (Å²) in [6.45, 7) is 4.80. The van der Waals surface area contributed by atoms with Gasteiger partial charge in [-0.05, 0) is 50.2 Å². The average Bonchev–Trinajstić information content (AvgIpc) is 2.98. The maximum Gasteiger partial charge on any atom is 0.257 e. The highest BCUT2D eigenvalue weighted by Gasteiger charge is 2.14. The van der Waals surface area contributed by atoms with E-state index < -0.39 is 0 Å². The minimum absolute atomic E-state index is 0.255.